The van der Waals surface area contributed by atoms with Crippen LogP contribution in [0, 0.1) is 11.3 Å². The van der Waals surface area contributed by atoms with Gasteiger partial charge in [-0.15, -0.1) is 0 Å². The number of hydrogen-bond donors (Lipinski definition) is 2. The standard InChI is InChI=1S/C21H21N9/c1-2-29-12-21(13-29,6-7-22)30-9-5-16(28-30)19-14-4-3-8-24-17(14)10-18(26-19)15-11-25-27-20(15)23/h3-5,8-11H,2,6,12-13H2,1H3,(H3,23,25,27). The summed E-state index contributed by atoms with van der Waals surface area (Å²) in [5.74, 6) is 0.386. The van der Waals surface area contributed by atoms with E-state index in [1.54, 1.807) is 12.4 Å². The molecule has 0 aliphatic carbocycles. The second-order valence-electron chi connectivity index (χ2n) is 7.62. The molecule has 3 N–H and O–H groups in total. The van der Waals surface area contributed by atoms with E-state index in [0.717, 1.165) is 47.5 Å². The molecule has 0 aromatic carbocycles. The Hall–Kier alpha value is -3.77. The number of rotatable bonds is 5. The average Bonchev–Trinajstić information content (AvgIpc) is 3.39. The van der Waals surface area contributed by atoms with Gasteiger partial charge in [-0.3, -0.25) is 19.7 Å². The van der Waals surface area contributed by atoms with Crippen molar-refractivity contribution in [3.05, 3.63) is 42.9 Å². The normalized spacial score (nSPS) is 15.7. The number of H-pyrrole nitrogens is 1. The van der Waals surface area contributed by atoms with Crippen molar-refractivity contribution in [1.82, 2.24) is 34.8 Å². The molecular formula is C21H21N9. The summed E-state index contributed by atoms with van der Waals surface area (Å²) in [4.78, 5) is 11.7. The molecule has 5 heterocycles. The number of hydrogen-bond acceptors (Lipinski definition) is 7. The third-order valence-corrected chi connectivity index (χ3v) is 5.75. The minimum atomic E-state index is -0.288. The predicted molar refractivity (Wildman–Crippen MR) is 113 cm³/mol. The van der Waals surface area contributed by atoms with Crippen LogP contribution in [0.25, 0.3) is 33.5 Å². The highest BCUT2D eigenvalue weighted by molar-refractivity contribution is 5.94. The quantitative estimate of drug-likeness (QED) is 0.528. The van der Waals surface area contributed by atoms with Crippen LogP contribution in [0.15, 0.2) is 42.9 Å². The van der Waals surface area contributed by atoms with Crippen molar-refractivity contribution < 1.29 is 0 Å². The highest BCUT2D eigenvalue weighted by Crippen LogP contribution is 2.35. The maximum absolute atomic E-state index is 9.37. The zero-order chi connectivity index (χ0) is 20.7. The molecule has 4 aromatic rings. The van der Waals surface area contributed by atoms with Gasteiger partial charge >= 0.3 is 0 Å². The molecule has 30 heavy (non-hydrogen) atoms. The Labute approximate surface area is 173 Å². The van der Waals surface area contributed by atoms with Crippen LogP contribution in [0.2, 0.25) is 0 Å². The van der Waals surface area contributed by atoms with E-state index in [4.69, 9.17) is 15.8 Å². The van der Waals surface area contributed by atoms with Gasteiger partial charge in [0.15, 0.2) is 5.82 Å². The number of aromatic amines is 1. The summed E-state index contributed by atoms with van der Waals surface area (Å²) in [5.41, 5.74) is 9.39. The summed E-state index contributed by atoms with van der Waals surface area (Å²) < 4.78 is 1.93. The van der Waals surface area contributed by atoms with Crippen LogP contribution in [-0.4, -0.2) is 54.5 Å². The molecule has 0 amide bonds. The Morgan fingerprint density at radius 2 is 2.17 bits per heavy atom. The second-order valence-corrected chi connectivity index (χ2v) is 7.62. The number of pyridine rings is 2. The van der Waals surface area contributed by atoms with E-state index in [2.05, 4.69) is 33.1 Å². The number of nitrogen functional groups attached to an aromatic ring is 1. The molecule has 150 valence electrons. The average molecular weight is 399 g/mol. The Balaban J connectivity index is 1.62. The lowest BCUT2D eigenvalue weighted by Crippen LogP contribution is -2.62. The monoisotopic (exact) mass is 399 g/mol. The van der Waals surface area contributed by atoms with Crippen LogP contribution in [0.1, 0.15) is 13.3 Å². The molecule has 4 aromatic heterocycles. The van der Waals surface area contributed by atoms with Crippen LogP contribution < -0.4 is 5.73 Å². The van der Waals surface area contributed by atoms with Crippen molar-refractivity contribution in [3.63, 3.8) is 0 Å². The van der Waals surface area contributed by atoms with Crippen LogP contribution in [0.3, 0.4) is 0 Å². The first kappa shape index (κ1) is 18.3. The maximum Gasteiger partial charge on any atom is 0.154 e. The number of likely N-dealkylation sites (N-methyl/N-ethyl adjacent to an activating group) is 1. The van der Waals surface area contributed by atoms with Gasteiger partial charge in [0.1, 0.15) is 16.9 Å². The molecule has 0 unspecified atom stereocenters. The zero-order valence-electron chi connectivity index (χ0n) is 16.6. The topological polar surface area (TPSA) is 125 Å². The van der Waals surface area contributed by atoms with E-state index in [-0.39, 0.29) is 5.54 Å². The van der Waals surface area contributed by atoms with E-state index in [0.29, 0.717) is 17.9 Å². The van der Waals surface area contributed by atoms with Gasteiger partial charge in [-0.2, -0.15) is 15.5 Å². The predicted octanol–water partition coefficient (Wildman–Crippen LogP) is 2.41. The number of anilines is 1. The van der Waals surface area contributed by atoms with Crippen molar-refractivity contribution in [2.24, 2.45) is 0 Å². The fourth-order valence-corrected chi connectivity index (χ4v) is 4.12. The number of nitriles is 1. The summed E-state index contributed by atoms with van der Waals surface area (Å²) in [6.45, 7) is 4.73. The number of nitrogens with zero attached hydrogens (tertiary/aromatic N) is 7. The Kier molecular flexibility index (Phi) is 4.22. The number of nitrogens with two attached hydrogens (primary N) is 1. The first-order valence-electron chi connectivity index (χ1n) is 9.85. The van der Waals surface area contributed by atoms with Crippen LogP contribution in [0.4, 0.5) is 5.82 Å². The highest BCUT2D eigenvalue weighted by Gasteiger charge is 2.44. The molecule has 1 fully saturated rings. The largest absolute Gasteiger partial charge is 0.382 e. The van der Waals surface area contributed by atoms with Crippen molar-refractivity contribution in [2.45, 2.75) is 18.9 Å². The number of aromatic nitrogens is 6. The Bertz CT molecular complexity index is 1260. The Morgan fingerprint density at radius 3 is 2.90 bits per heavy atom. The van der Waals surface area contributed by atoms with Gasteiger partial charge in [0.25, 0.3) is 0 Å². The third-order valence-electron chi connectivity index (χ3n) is 5.75. The SMILES string of the molecule is CCN1CC(CC#N)(n2ccc(-c3nc(-c4c[nH]nc4N)cc4ncccc34)n2)C1. The highest BCUT2D eigenvalue weighted by atomic mass is 15.4. The number of fused-ring (bicyclic) bond motifs is 1. The molecule has 9 nitrogen and oxygen atoms in total. The van der Waals surface area contributed by atoms with E-state index in [1.165, 1.54) is 0 Å². The van der Waals surface area contributed by atoms with Gasteiger partial charge in [0.05, 0.1) is 29.3 Å². The molecule has 1 aliphatic heterocycles. The molecule has 0 atom stereocenters. The number of nitrogens with one attached hydrogen (secondary N) is 1. The third kappa shape index (κ3) is 2.81. The van der Waals surface area contributed by atoms with Gasteiger partial charge in [-0.05, 0) is 30.8 Å². The van der Waals surface area contributed by atoms with E-state index in [9.17, 15) is 5.26 Å². The maximum atomic E-state index is 9.37. The Morgan fingerprint density at radius 1 is 1.30 bits per heavy atom. The molecule has 1 saturated heterocycles. The van der Waals surface area contributed by atoms with Crippen molar-refractivity contribution >= 4 is 16.7 Å². The first-order chi connectivity index (χ1) is 14.6. The molecule has 0 saturated carbocycles. The fraction of sp³-hybridized carbons (Fsp3) is 0.286. The zero-order valence-corrected chi connectivity index (χ0v) is 16.6. The molecule has 5 rings (SSSR count). The van der Waals surface area contributed by atoms with Crippen LogP contribution >= 0.6 is 0 Å². The lowest BCUT2D eigenvalue weighted by Gasteiger charge is -2.48. The molecule has 1 aliphatic rings. The van der Waals surface area contributed by atoms with E-state index < -0.39 is 0 Å². The first-order valence-corrected chi connectivity index (χ1v) is 9.85. The van der Waals surface area contributed by atoms with Gasteiger partial charge in [-0.1, -0.05) is 6.92 Å². The van der Waals surface area contributed by atoms with Gasteiger partial charge in [0.2, 0.25) is 0 Å². The summed E-state index contributed by atoms with van der Waals surface area (Å²) >= 11 is 0. The van der Waals surface area contributed by atoms with Crippen molar-refractivity contribution in [3.8, 4) is 28.7 Å². The second kappa shape index (κ2) is 6.93. The van der Waals surface area contributed by atoms with Crippen LogP contribution in [-0.2, 0) is 5.54 Å². The lowest BCUT2D eigenvalue weighted by molar-refractivity contribution is 0.00964. The summed E-state index contributed by atoms with van der Waals surface area (Å²) in [6.07, 6.45) is 5.85. The fourth-order valence-electron chi connectivity index (χ4n) is 4.12. The van der Waals surface area contributed by atoms with Gasteiger partial charge in [-0.25, -0.2) is 4.98 Å². The van der Waals surface area contributed by atoms with Gasteiger partial charge < -0.3 is 5.73 Å². The molecule has 0 bridgehead atoms. The molecular weight excluding hydrogens is 378 g/mol. The molecule has 0 radical (unpaired) electrons. The van der Waals surface area contributed by atoms with Crippen molar-refractivity contribution in [2.75, 3.05) is 25.4 Å². The smallest absolute Gasteiger partial charge is 0.154 e. The number of likely N-dealkylation sites (tertiary alicyclic amines) is 1. The van der Waals surface area contributed by atoms with E-state index in [1.807, 2.05) is 35.1 Å². The van der Waals surface area contributed by atoms with Crippen LogP contribution in [0.5, 0.6) is 0 Å². The summed E-state index contributed by atoms with van der Waals surface area (Å²) in [5, 5.41) is 21.9. The molecule has 9 heteroatoms. The van der Waals surface area contributed by atoms with Crippen molar-refractivity contribution in [1.29, 1.82) is 5.26 Å². The van der Waals surface area contributed by atoms with Gasteiger partial charge in [0, 0.05) is 37.1 Å². The van der Waals surface area contributed by atoms with E-state index >= 15 is 0 Å². The lowest BCUT2D eigenvalue weighted by atomic mass is 9.87. The molecule has 0 spiro atoms. The summed E-state index contributed by atoms with van der Waals surface area (Å²) in [7, 11) is 0. The minimum absolute atomic E-state index is 0.288. The minimum Gasteiger partial charge on any atom is -0.382 e. The summed E-state index contributed by atoms with van der Waals surface area (Å²) in [6, 6.07) is 10.1.